The molecular formula is C14H17ClS. The molecule has 0 aromatic heterocycles. The highest BCUT2D eigenvalue weighted by Gasteiger charge is 2.15. The largest absolute Gasteiger partial charge is 0.130 e. The van der Waals surface area contributed by atoms with Gasteiger partial charge in [-0.25, -0.2) is 0 Å². The Morgan fingerprint density at radius 1 is 1.25 bits per heavy atom. The van der Waals surface area contributed by atoms with E-state index < -0.39 is 0 Å². The lowest BCUT2D eigenvalue weighted by molar-refractivity contribution is 0.711. The summed E-state index contributed by atoms with van der Waals surface area (Å²) in [5, 5.41) is 0.943. The Morgan fingerprint density at radius 3 is 2.75 bits per heavy atom. The molecular weight excluding hydrogens is 236 g/mol. The summed E-state index contributed by atoms with van der Waals surface area (Å²) in [5.74, 6) is 0. The van der Waals surface area contributed by atoms with Crippen molar-refractivity contribution in [1.29, 1.82) is 0 Å². The molecule has 1 aromatic carbocycles. The van der Waals surface area contributed by atoms with E-state index in [1.54, 1.807) is 11.8 Å². The highest BCUT2D eigenvalue weighted by atomic mass is 35.5. The van der Waals surface area contributed by atoms with Crippen LogP contribution < -0.4 is 0 Å². The third-order valence-electron chi connectivity index (χ3n) is 3.26. The second kappa shape index (κ2) is 5.29. The molecule has 16 heavy (non-hydrogen) atoms. The summed E-state index contributed by atoms with van der Waals surface area (Å²) in [4.78, 5) is 1.07. The SMILES string of the molecule is C=C(SC)c1ccc2c(c1Cl)CCCCC2. The molecule has 0 unspecified atom stereocenters. The van der Waals surface area contributed by atoms with E-state index in [0.29, 0.717) is 0 Å². The van der Waals surface area contributed by atoms with E-state index in [1.165, 1.54) is 36.8 Å². The molecule has 0 spiro atoms. The molecule has 86 valence electrons. The number of hydrogen-bond donors (Lipinski definition) is 0. The lowest BCUT2D eigenvalue weighted by Gasteiger charge is -2.13. The van der Waals surface area contributed by atoms with E-state index in [0.717, 1.165) is 21.9 Å². The third kappa shape index (κ3) is 2.31. The first kappa shape index (κ1) is 12.1. The molecule has 0 saturated carbocycles. The van der Waals surface area contributed by atoms with Crippen molar-refractivity contribution in [1.82, 2.24) is 0 Å². The molecule has 1 aliphatic rings. The molecule has 0 heterocycles. The number of benzene rings is 1. The quantitative estimate of drug-likeness (QED) is 0.672. The lowest BCUT2D eigenvalue weighted by Crippen LogP contribution is -1.95. The maximum absolute atomic E-state index is 6.50. The number of halogens is 1. The normalized spacial score (nSPS) is 15.4. The van der Waals surface area contributed by atoms with Crippen LogP contribution in [0.4, 0.5) is 0 Å². The average molecular weight is 253 g/mol. The summed E-state index contributed by atoms with van der Waals surface area (Å²) in [5.41, 5.74) is 3.93. The maximum Gasteiger partial charge on any atom is 0.0524 e. The fraction of sp³-hybridized carbons (Fsp3) is 0.429. The minimum Gasteiger partial charge on any atom is -0.130 e. The summed E-state index contributed by atoms with van der Waals surface area (Å²) in [6.07, 6.45) is 8.24. The van der Waals surface area contributed by atoms with Crippen molar-refractivity contribution in [3.8, 4) is 0 Å². The van der Waals surface area contributed by atoms with Crippen molar-refractivity contribution in [3.63, 3.8) is 0 Å². The van der Waals surface area contributed by atoms with Crippen LogP contribution in [0.2, 0.25) is 5.02 Å². The molecule has 0 aliphatic heterocycles. The molecule has 1 aliphatic carbocycles. The van der Waals surface area contributed by atoms with Crippen molar-refractivity contribution in [3.05, 3.63) is 40.4 Å². The predicted octanol–water partition coefficient (Wildman–Crippen LogP) is 4.94. The first-order valence-electron chi connectivity index (χ1n) is 5.77. The van der Waals surface area contributed by atoms with Crippen LogP contribution in [0, 0.1) is 0 Å². The minimum atomic E-state index is 0.943. The lowest BCUT2D eigenvalue weighted by atomic mass is 10.00. The van der Waals surface area contributed by atoms with E-state index in [-0.39, 0.29) is 0 Å². The van der Waals surface area contributed by atoms with Crippen LogP contribution in [-0.2, 0) is 12.8 Å². The van der Waals surface area contributed by atoms with E-state index in [9.17, 15) is 0 Å². The number of aryl methyl sites for hydroxylation is 1. The zero-order valence-corrected chi connectivity index (χ0v) is 11.3. The Hall–Kier alpha value is -0.400. The first-order valence-corrected chi connectivity index (χ1v) is 7.38. The molecule has 0 radical (unpaired) electrons. The Labute approximate surface area is 107 Å². The second-order valence-electron chi connectivity index (χ2n) is 4.25. The van der Waals surface area contributed by atoms with Gasteiger partial charge in [0, 0.05) is 10.5 Å². The van der Waals surface area contributed by atoms with Crippen molar-refractivity contribution >= 4 is 28.3 Å². The predicted molar refractivity (Wildman–Crippen MR) is 75.3 cm³/mol. The van der Waals surface area contributed by atoms with E-state index >= 15 is 0 Å². The first-order chi connectivity index (χ1) is 7.74. The zero-order valence-electron chi connectivity index (χ0n) is 9.68. The van der Waals surface area contributed by atoms with E-state index in [1.807, 2.05) is 6.26 Å². The highest BCUT2D eigenvalue weighted by molar-refractivity contribution is 8.07. The number of rotatable bonds is 2. The van der Waals surface area contributed by atoms with Gasteiger partial charge in [0.2, 0.25) is 0 Å². The number of fused-ring (bicyclic) bond motifs is 1. The molecule has 0 saturated heterocycles. The van der Waals surface area contributed by atoms with Crippen LogP contribution in [0.3, 0.4) is 0 Å². The van der Waals surface area contributed by atoms with Crippen LogP contribution in [0.1, 0.15) is 36.0 Å². The van der Waals surface area contributed by atoms with Gasteiger partial charge in [0.1, 0.15) is 0 Å². The zero-order chi connectivity index (χ0) is 11.5. The van der Waals surface area contributed by atoms with Crippen molar-refractivity contribution < 1.29 is 0 Å². The standard InChI is InChI=1S/C14H17ClS/c1-10(16-2)12-9-8-11-6-4-3-5-7-13(11)14(12)15/h8-9H,1,3-7H2,2H3. The molecule has 2 heteroatoms. The summed E-state index contributed by atoms with van der Waals surface area (Å²) in [6, 6.07) is 4.37. The van der Waals surface area contributed by atoms with Gasteiger partial charge in [-0.2, -0.15) is 0 Å². The summed E-state index contributed by atoms with van der Waals surface area (Å²) >= 11 is 8.17. The Kier molecular flexibility index (Phi) is 3.99. The molecule has 0 bridgehead atoms. The van der Waals surface area contributed by atoms with Crippen LogP contribution in [-0.4, -0.2) is 6.26 Å². The van der Waals surface area contributed by atoms with Crippen LogP contribution >= 0.6 is 23.4 Å². The molecule has 0 N–H and O–H groups in total. The van der Waals surface area contributed by atoms with Gasteiger partial charge in [0.05, 0.1) is 5.02 Å². The molecule has 0 amide bonds. The van der Waals surface area contributed by atoms with Gasteiger partial charge in [-0.05, 0) is 43.1 Å². The fourth-order valence-electron chi connectivity index (χ4n) is 2.29. The van der Waals surface area contributed by atoms with E-state index in [4.69, 9.17) is 11.6 Å². The topological polar surface area (TPSA) is 0 Å². The highest BCUT2D eigenvalue weighted by Crippen LogP contribution is 2.35. The molecule has 2 rings (SSSR count). The number of thioether (sulfide) groups is 1. The van der Waals surface area contributed by atoms with Gasteiger partial charge in [0.25, 0.3) is 0 Å². The smallest absolute Gasteiger partial charge is 0.0524 e. The summed E-state index contributed by atoms with van der Waals surface area (Å²) in [6.45, 7) is 4.06. The number of hydrogen-bond acceptors (Lipinski definition) is 1. The van der Waals surface area contributed by atoms with Gasteiger partial charge < -0.3 is 0 Å². The van der Waals surface area contributed by atoms with Crippen LogP contribution in [0.25, 0.3) is 4.91 Å². The van der Waals surface area contributed by atoms with Crippen molar-refractivity contribution in [2.75, 3.05) is 6.26 Å². The van der Waals surface area contributed by atoms with Gasteiger partial charge in [0.15, 0.2) is 0 Å². The van der Waals surface area contributed by atoms with Gasteiger partial charge >= 0.3 is 0 Å². The van der Waals surface area contributed by atoms with Gasteiger partial charge in [-0.3, -0.25) is 0 Å². The maximum atomic E-state index is 6.50. The monoisotopic (exact) mass is 252 g/mol. The van der Waals surface area contributed by atoms with Crippen molar-refractivity contribution in [2.24, 2.45) is 0 Å². The van der Waals surface area contributed by atoms with Gasteiger partial charge in [-0.1, -0.05) is 36.7 Å². The second-order valence-corrected chi connectivity index (χ2v) is 5.53. The Bertz CT molecular complexity index is 409. The third-order valence-corrected chi connectivity index (χ3v) is 4.40. The molecule has 0 fully saturated rings. The molecule has 0 atom stereocenters. The Balaban J connectivity index is 2.45. The van der Waals surface area contributed by atoms with Gasteiger partial charge in [-0.15, -0.1) is 11.8 Å². The summed E-state index contributed by atoms with van der Waals surface area (Å²) in [7, 11) is 0. The van der Waals surface area contributed by atoms with Crippen LogP contribution in [0.5, 0.6) is 0 Å². The van der Waals surface area contributed by atoms with E-state index in [2.05, 4.69) is 18.7 Å². The van der Waals surface area contributed by atoms with Crippen molar-refractivity contribution in [2.45, 2.75) is 32.1 Å². The average Bonchev–Trinajstić information content (AvgIpc) is 2.54. The Morgan fingerprint density at radius 2 is 2.00 bits per heavy atom. The van der Waals surface area contributed by atoms with Crippen LogP contribution in [0.15, 0.2) is 18.7 Å². The fourth-order valence-corrected chi connectivity index (χ4v) is 3.12. The molecule has 1 aromatic rings. The minimum absolute atomic E-state index is 0.943. The summed E-state index contributed by atoms with van der Waals surface area (Å²) < 4.78 is 0. The molecule has 0 nitrogen and oxygen atoms in total.